The normalized spacial score (nSPS) is 12.2. The lowest BCUT2D eigenvalue weighted by Gasteiger charge is -2.17. The van der Waals surface area contributed by atoms with Gasteiger partial charge in [0, 0.05) is 17.0 Å². The molecule has 0 spiro atoms. The maximum absolute atomic E-state index is 12.1. The Morgan fingerprint density at radius 3 is 2.50 bits per heavy atom. The predicted molar refractivity (Wildman–Crippen MR) is 92.7 cm³/mol. The minimum atomic E-state index is -0.726. The molecule has 5 nitrogen and oxygen atoms in total. The maximum atomic E-state index is 12.1. The van der Waals surface area contributed by atoms with E-state index in [1.165, 1.54) is 0 Å². The third-order valence-electron chi connectivity index (χ3n) is 4.13. The minimum absolute atomic E-state index is 0.304. The Labute approximate surface area is 141 Å². The second-order valence-corrected chi connectivity index (χ2v) is 5.67. The fourth-order valence-electron chi connectivity index (χ4n) is 2.75. The molecule has 0 radical (unpaired) electrons. The molecule has 2 aromatic rings. The van der Waals surface area contributed by atoms with E-state index in [1.54, 1.807) is 19.9 Å². The summed E-state index contributed by atoms with van der Waals surface area (Å²) in [6.45, 7) is 9.57. The Morgan fingerprint density at radius 1 is 1.21 bits per heavy atom. The van der Waals surface area contributed by atoms with E-state index in [1.807, 2.05) is 26.8 Å². The van der Waals surface area contributed by atoms with Crippen LogP contribution < -0.4 is 10.4 Å². The van der Waals surface area contributed by atoms with Crippen molar-refractivity contribution in [1.29, 1.82) is 0 Å². The summed E-state index contributed by atoms with van der Waals surface area (Å²) in [6, 6.07) is 3.66. The molecule has 2 rings (SSSR count). The highest BCUT2D eigenvalue weighted by Gasteiger charge is 2.19. The van der Waals surface area contributed by atoms with E-state index in [0.717, 1.165) is 22.9 Å². The number of rotatable bonds is 6. The van der Waals surface area contributed by atoms with E-state index in [-0.39, 0.29) is 5.63 Å². The van der Waals surface area contributed by atoms with E-state index < -0.39 is 12.1 Å². The summed E-state index contributed by atoms with van der Waals surface area (Å²) in [7, 11) is 0. The molecule has 0 fully saturated rings. The number of carbonyl (C=O) groups excluding carboxylic acids is 1. The highest BCUT2D eigenvalue weighted by molar-refractivity contribution is 5.84. The smallest absolute Gasteiger partial charge is 0.347 e. The Bertz CT molecular complexity index is 803. The summed E-state index contributed by atoms with van der Waals surface area (Å²) in [5.74, 6) is 0.121. The van der Waals surface area contributed by atoms with Crippen LogP contribution in [0.2, 0.25) is 0 Å². The SMILES string of the molecule is CCOC(=O)[C@@H](C)Oc1cc2oc(=O)c(CC)c(C)c2cc1CC. The molecule has 0 aliphatic rings. The fourth-order valence-corrected chi connectivity index (χ4v) is 2.75. The molecule has 0 bridgehead atoms. The zero-order valence-electron chi connectivity index (χ0n) is 14.9. The average molecular weight is 332 g/mol. The number of hydrogen-bond acceptors (Lipinski definition) is 5. The Hall–Kier alpha value is -2.30. The van der Waals surface area contributed by atoms with Gasteiger partial charge in [0.2, 0.25) is 0 Å². The second-order valence-electron chi connectivity index (χ2n) is 5.67. The van der Waals surface area contributed by atoms with Gasteiger partial charge in [-0.05, 0) is 50.8 Å². The van der Waals surface area contributed by atoms with Crippen molar-refractivity contribution in [3.63, 3.8) is 0 Å². The van der Waals surface area contributed by atoms with Crippen molar-refractivity contribution >= 4 is 16.9 Å². The number of carbonyl (C=O) groups is 1. The third kappa shape index (κ3) is 3.45. The highest BCUT2D eigenvalue weighted by Crippen LogP contribution is 2.29. The van der Waals surface area contributed by atoms with Gasteiger partial charge in [-0.3, -0.25) is 0 Å². The van der Waals surface area contributed by atoms with E-state index >= 15 is 0 Å². The fraction of sp³-hybridized carbons (Fsp3) is 0.474. The lowest BCUT2D eigenvalue weighted by Crippen LogP contribution is -2.26. The van der Waals surface area contributed by atoms with Crippen LogP contribution in [-0.4, -0.2) is 18.7 Å². The summed E-state index contributed by atoms with van der Waals surface area (Å²) in [5.41, 5.74) is 2.73. The first-order valence-electron chi connectivity index (χ1n) is 8.35. The molecule has 0 amide bonds. The van der Waals surface area contributed by atoms with Gasteiger partial charge in [-0.1, -0.05) is 13.8 Å². The number of ether oxygens (including phenoxy) is 2. The maximum Gasteiger partial charge on any atom is 0.347 e. The molecule has 1 atom stereocenters. The summed E-state index contributed by atoms with van der Waals surface area (Å²) in [6.07, 6.45) is 0.639. The molecule has 0 aliphatic carbocycles. The van der Waals surface area contributed by atoms with Crippen molar-refractivity contribution in [2.75, 3.05) is 6.61 Å². The Kier molecular flexibility index (Phi) is 5.65. The van der Waals surface area contributed by atoms with Gasteiger partial charge in [-0.25, -0.2) is 9.59 Å². The van der Waals surface area contributed by atoms with Crippen molar-refractivity contribution in [2.45, 2.75) is 53.6 Å². The number of benzene rings is 1. The molecule has 0 unspecified atom stereocenters. The summed E-state index contributed by atoms with van der Waals surface area (Å²) >= 11 is 0. The van der Waals surface area contributed by atoms with Crippen LogP contribution in [0.1, 0.15) is 44.4 Å². The molecule has 1 heterocycles. The first-order chi connectivity index (χ1) is 11.4. The van der Waals surface area contributed by atoms with Crippen molar-refractivity contribution in [3.05, 3.63) is 39.2 Å². The lowest BCUT2D eigenvalue weighted by atomic mass is 10.0. The molecule has 0 aliphatic heterocycles. The van der Waals surface area contributed by atoms with Crippen molar-refractivity contribution in [2.24, 2.45) is 0 Å². The average Bonchev–Trinajstić information content (AvgIpc) is 2.55. The van der Waals surface area contributed by atoms with Gasteiger partial charge in [-0.15, -0.1) is 0 Å². The molecule has 1 aromatic carbocycles. The molecular weight excluding hydrogens is 308 g/mol. The highest BCUT2D eigenvalue weighted by atomic mass is 16.6. The van der Waals surface area contributed by atoms with E-state index in [4.69, 9.17) is 13.9 Å². The van der Waals surface area contributed by atoms with Crippen LogP contribution in [0.4, 0.5) is 0 Å². The molecule has 0 N–H and O–H groups in total. The summed E-state index contributed by atoms with van der Waals surface area (Å²) < 4.78 is 16.2. The first kappa shape index (κ1) is 18.0. The quantitative estimate of drug-likeness (QED) is 0.598. The van der Waals surface area contributed by atoms with Gasteiger partial charge in [-0.2, -0.15) is 0 Å². The van der Waals surface area contributed by atoms with Crippen LogP contribution in [-0.2, 0) is 22.4 Å². The standard InChI is InChI=1S/C19H24O5/c1-6-13-9-15-11(4)14(7-2)19(21)24-17(15)10-16(13)23-12(5)18(20)22-8-3/h9-10,12H,6-8H2,1-5H3/t12-/m1/s1. The molecule has 5 heteroatoms. The summed E-state index contributed by atoms with van der Waals surface area (Å²) in [5, 5.41) is 0.902. The molecular formula is C19H24O5. The van der Waals surface area contributed by atoms with E-state index in [9.17, 15) is 9.59 Å². The van der Waals surface area contributed by atoms with Crippen LogP contribution in [0.3, 0.4) is 0 Å². The monoisotopic (exact) mass is 332 g/mol. The van der Waals surface area contributed by atoms with Crippen molar-refractivity contribution in [1.82, 2.24) is 0 Å². The second kappa shape index (κ2) is 7.51. The van der Waals surface area contributed by atoms with Crippen LogP contribution in [0.5, 0.6) is 5.75 Å². The van der Waals surface area contributed by atoms with Crippen molar-refractivity contribution in [3.8, 4) is 5.75 Å². The van der Waals surface area contributed by atoms with Gasteiger partial charge >= 0.3 is 11.6 Å². The lowest BCUT2D eigenvalue weighted by molar-refractivity contribution is -0.150. The number of fused-ring (bicyclic) bond motifs is 1. The van der Waals surface area contributed by atoms with Gasteiger partial charge < -0.3 is 13.9 Å². The number of esters is 1. The molecule has 0 saturated heterocycles. The Balaban J connectivity index is 2.52. The predicted octanol–water partition coefficient (Wildman–Crippen LogP) is 3.56. The van der Waals surface area contributed by atoms with Gasteiger partial charge in [0.05, 0.1) is 6.61 Å². The Morgan fingerprint density at radius 2 is 1.92 bits per heavy atom. The molecule has 0 saturated carbocycles. The van der Waals surface area contributed by atoms with Crippen LogP contribution in [0.25, 0.3) is 11.0 Å². The zero-order chi connectivity index (χ0) is 17.9. The van der Waals surface area contributed by atoms with Crippen molar-refractivity contribution < 1.29 is 18.7 Å². The van der Waals surface area contributed by atoms with Crippen LogP contribution >= 0.6 is 0 Å². The first-order valence-corrected chi connectivity index (χ1v) is 8.35. The van der Waals surface area contributed by atoms with Gasteiger partial charge in [0.15, 0.2) is 6.10 Å². The van der Waals surface area contributed by atoms with Gasteiger partial charge in [0.25, 0.3) is 0 Å². The van der Waals surface area contributed by atoms with E-state index in [0.29, 0.717) is 29.9 Å². The third-order valence-corrected chi connectivity index (χ3v) is 4.13. The van der Waals surface area contributed by atoms with E-state index in [2.05, 4.69) is 0 Å². The van der Waals surface area contributed by atoms with Crippen LogP contribution in [0.15, 0.2) is 21.3 Å². The number of hydrogen-bond donors (Lipinski definition) is 0. The summed E-state index contributed by atoms with van der Waals surface area (Å²) in [4.78, 5) is 23.9. The largest absolute Gasteiger partial charge is 0.479 e. The van der Waals surface area contributed by atoms with Crippen LogP contribution in [0, 0.1) is 6.92 Å². The molecule has 1 aromatic heterocycles. The number of aryl methyl sites for hydroxylation is 2. The van der Waals surface area contributed by atoms with Gasteiger partial charge in [0.1, 0.15) is 11.3 Å². The zero-order valence-corrected chi connectivity index (χ0v) is 14.9. The minimum Gasteiger partial charge on any atom is -0.479 e. The topological polar surface area (TPSA) is 65.7 Å². The molecule has 130 valence electrons. The molecule has 24 heavy (non-hydrogen) atoms.